The number of ether oxygens (including phenoxy) is 1. The Bertz CT molecular complexity index is 1580. The van der Waals surface area contributed by atoms with E-state index in [4.69, 9.17) is 4.74 Å². The van der Waals surface area contributed by atoms with E-state index in [0.29, 0.717) is 23.6 Å². The minimum Gasteiger partial charge on any atom is -0.507 e. The van der Waals surface area contributed by atoms with Gasteiger partial charge < -0.3 is 9.84 Å². The van der Waals surface area contributed by atoms with Crippen LogP contribution in [0.4, 0.5) is 5.69 Å². The first-order chi connectivity index (χ1) is 18.7. The summed E-state index contributed by atoms with van der Waals surface area (Å²) in [5.41, 5.74) is 2.84. The van der Waals surface area contributed by atoms with E-state index in [1.807, 2.05) is 79.7 Å². The molecule has 5 nitrogen and oxygen atoms in total. The summed E-state index contributed by atoms with van der Waals surface area (Å²) in [6.45, 7) is 8.89. The number of benzene rings is 4. The van der Waals surface area contributed by atoms with Gasteiger partial charge in [-0.25, -0.2) is 0 Å². The number of ketones is 1. The third kappa shape index (κ3) is 4.92. The van der Waals surface area contributed by atoms with Crippen molar-refractivity contribution >= 4 is 33.9 Å². The van der Waals surface area contributed by atoms with Crippen molar-refractivity contribution in [3.63, 3.8) is 0 Å². The first kappa shape index (κ1) is 26.2. The minimum atomic E-state index is -0.822. The number of anilines is 1. The first-order valence-corrected chi connectivity index (χ1v) is 13.3. The zero-order chi connectivity index (χ0) is 27.7. The highest BCUT2D eigenvalue weighted by molar-refractivity contribution is 6.52. The van der Waals surface area contributed by atoms with Crippen molar-refractivity contribution in [1.29, 1.82) is 0 Å². The number of aliphatic hydroxyl groups excluding tert-OH is 1. The van der Waals surface area contributed by atoms with Crippen molar-refractivity contribution in [3.8, 4) is 5.75 Å². The predicted octanol–water partition coefficient (Wildman–Crippen LogP) is 7.55. The second kappa shape index (κ2) is 10.4. The number of hydrogen-bond acceptors (Lipinski definition) is 4. The standard InChI is InChI=1S/C34H33NO4/c1-5-20-39-28-13-9-8-12-27(28)35-30(23-16-18-26(19-17-23)34(2,3)4)29(32(37)33(35)38)31(36)25-15-14-22-10-6-7-11-24(22)21-25/h6-19,21,30,36H,5,20H2,1-4H3/b31-29-. The fourth-order valence-electron chi connectivity index (χ4n) is 5.04. The van der Waals surface area contributed by atoms with Crippen molar-refractivity contribution in [2.24, 2.45) is 0 Å². The molecule has 1 unspecified atom stereocenters. The number of para-hydroxylation sites is 2. The molecular formula is C34H33NO4. The van der Waals surface area contributed by atoms with Crippen LogP contribution in [0.5, 0.6) is 5.75 Å². The van der Waals surface area contributed by atoms with Crippen LogP contribution in [0.2, 0.25) is 0 Å². The number of carbonyl (C=O) groups excluding carboxylic acids is 2. The van der Waals surface area contributed by atoms with Crippen LogP contribution in [-0.4, -0.2) is 23.4 Å². The van der Waals surface area contributed by atoms with Gasteiger partial charge in [0.2, 0.25) is 0 Å². The maximum absolute atomic E-state index is 13.7. The molecule has 39 heavy (non-hydrogen) atoms. The average Bonchev–Trinajstić information content (AvgIpc) is 3.20. The fraction of sp³-hybridized carbons (Fsp3) is 0.235. The monoisotopic (exact) mass is 519 g/mol. The lowest BCUT2D eigenvalue weighted by molar-refractivity contribution is -0.132. The number of aliphatic hydroxyl groups is 1. The SMILES string of the molecule is CCCOc1ccccc1N1C(=O)C(=O)/C(=C(\O)c2ccc3ccccc3c2)C1c1ccc(C(C)(C)C)cc1. The van der Waals surface area contributed by atoms with E-state index in [9.17, 15) is 14.7 Å². The van der Waals surface area contributed by atoms with Crippen LogP contribution < -0.4 is 9.64 Å². The molecule has 5 heteroatoms. The minimum absolute atomic E-state index is 0.0593. The van der Waals surface area contributed by atoms with Crippen LogP contribution >= 0.6 is 0 Å². The lowest BCUT2D eigenvalue weighted by Gasteiger charge is -2.28. The van der Waals surface area contributed by atoms with Crippen molar-refractivity contribution in [1.82, 2.24) is 0 Å². The van der Waals surface area contributed by atoms with Crippen LogP contribution in [-0.2, 0) is 15.0 Å². The molecule has 4 aromatic rings. The van der Waals surface area contributed by atoms with Crippen LogP contribution in [0.15, 0.2) is 96.6 Å². The summed E-state index contributed by atoms with van der Waals surface area (Å²) in [6.07, 6.45) is 0.798. The molecule has 1 fully saturated rings. The van der Waals surface area contributed by atoms with E-state index >= 15 is 0 Å². The zero-order valence-electron chi connectivity index (χ0n) is 22.8. The fourth-order valence-corrected chi connectivity index (χ4v) is 5.04. The number of fused-ring (bicyclic) bond motifs is 1. The van der Waals surface area contributed by atoms with Gasteiger partial charge in [0.05, 0.1) is 23.9 Å². The molecule has 1 heterocycles. The molecule has 5 rings (SSSR count). The average molecular weight is 520 g/mol. The van der Waals surface area contributed by atoms with Gasteiger partial charge in [0, 0.05) is 5.56 Å². The van der Waals surface area contributed by atoms with Gasteiger partial charge in [-0.1, -0.05) is 100 Å². The van der Waals surface area contributed by atoms with Gasteiger partial charge in [-0.15, -0.1) is 0 Å². The topological polar surface area (TPSA) is 66.8 Å². The maximum Gasteiger partial charge on any atom is 0.300 e. The highest BCUT2D eigenvalue weighted by Gasteiger charge is 2.47. The quantitative estimate of drug-likeness (QED) is 0.162. The smallest absolute Gasteiger partial charge is 0.300 e. The van der Waals surface area contributed by atoms with E-state index in [1.54, 1.807) is 18.2 Å². The summed E-state index contributed by atoms with van der Waals surface area (Å²) in [5, 5.41) is 13.6. The molecule has 0 bridgehead atoms. The molecule has 1 aliphatic rings. The third-order valence-corrected chi connectivity index (χ3v) is 7.15. The molecule has 1 N–H and O–H groups in total. The highest BCUT2D eigenvalue weighted by Crippen LogP contribution is 2.45. The number of Topliss-reactive ketones (excluding diaryl/α,β-unsaturated/α-hetero) is 1. The molecule has 1 aliphatic heterocycles. The van der Waals surface area contributed by atoms with Gasteiger partial charge in [-0.2, -0.15) is 0 Å². The van der Waals surface area contributed by atoms with Gasteiger partial charge in [0.15, 0.2) is 0 Å². The van der Waals surface area contributed by atoms with Crippen molar-refractivity contribution in [2.75, 3.05) is 11.5 Å². The lowest BCUT2D eigenvalue weighted by atomic mass is 9.85. The molecule has 0 spiro atoms. The molecule has 0 aromatic heterocycles. The largest absolute Gasteiger partial charge is 0.507 e. The summed E-state index contributed by atoms with van der Waals surface area (Å²) in [6, 6.07) is 27.7. The molecule has 1 saturated heterocycles. The van der Waals surface area contributed by atoms with Crippen LogP contribution in [0.1, 0.15) is 56.8 Å². The summed E-state index contributed by atoms with van der Waals surface area (Å²) >= 11 is 0. The summed E-state index contributed by atoms with van der Waals surface area (Å²) in [5.74, 6) is -1.10. The molecular weight excluding hydrogens is 486 g/mol. The van der Waals surface area contributed by atoms with Gasteiger partial charge in [-0.05, 0) is 51.9 Å². The van der Waals surface area contributed by atoms with Crippen LogP contribution in [0, 0.1) is 0 Å². The number of amides is 1. The predicted molar refractivity (Wildman–Crippen MR) is 156 cm³/mol. The van der Waals surface area contributed by atoms with Gasteiger partial charge in [0.1, 0.15) is 11.5 Å². The van der Waals surface area contributed by atoms with E-state index in [-0.39, 0.29) is 16.7 Å². The zero-order valence-corrected chi connectivity index (χ0v) is 22.8. The molecule has 1 atom stereocenters. The van der Waals surface area contributed by atoms with Gasteiger partial charge >= 0.3 is 0 Å². The Labute approximate surface area is 229 Å². The Morgan fingerprint density at radius 3 is 2.23 bits per heavy atom. The number of nitrogens with zero attached hydrogens (tertiary/aromatic N) is 1. The highest BCUT2D eigenvalue weighted by atomic mass is 16.5. The molecule has 1 amide bonds. The Morgan fingerprint density at radius 1 is 0.872 bits per heavy atom. The molecule has 4 aromatic carbocycles. The van der Waals surface area contributed by atoms with E-state index in [1.165, 1.54) is 4.90 Å². The van der Waals surface area contributed by atoms with Crippen molar-refractivity contribution in [2.45, 2.75) is 45.6 Å². The third-order valence-electron chi connectivity index (χ3n) is 7.15. The Balaban J connectivity index is 1.71. The maximum atomic E-state index is 13.7. The van der Waals surface area contributed by atoms with Gasteiger partial charge in [-0.3, -0.25) is 14.5 Å². The number of rotatable bonds is 6. The first-order valence-electron chi connectivity index (χ1n) is 13.3. The Kier molecular flexibility index (Phi) is 7.00. The summed E-state index contributed by atoms with van der Waals surface area (Å²) in [4.78, 5) is 28.8. The second-order valence-electron chi connectivity index (χ2n) is 10.9. The molecule has 198 valence electrons. The normalized spacial score (nSPS) is 17.1. The summed E-state index contributed by atoms with van der Waals surface area (Å²) in [7, 11) is 0. The molecule has 0 aliphatic carbocycles. The van der Waals surface area contributed by atoms with Crippen LogP contribution in [0.25, 0.3) is 16.5 Å². The van der Waals surface area contributed by atoms with E-state index in [0.717, 1.165) is 28.3 Å². The van der Waals surface area contributed by atoms with Crippen LogP contribution in [0.3, 0.4) is 0 Å². The molecule has 0 radical (unpaired) electrons. The number of carbonyl (C=O) groups is 2. The van der Waals surface area contributed by atoms with Crippen molar-refractivity contribution < 1.29 is 19.4 Å². The van der Waals surface area contributed by atoms with Gasteiger partial charge in [0.25, 0.3) is 11.7 Å². The van der Waals surface area contributed by atoms with E-state index in [2.05, 4.69) is 20.8 Å². The lowest BCUT2D eigenvalue weighted by Crippen LogP contribution is -2.30. The molecule has 0 saturated carbocycles. The Hall–Kier alpha value is -4.38. The number of hydrogen-bond donors (Lipinski definition) is 1. The van der Waals surface area contributed by atoms with E-state index < -0.39 is 17.7 Å². The Morgan fingerprint density at radius 2 is 1.54 bits per heavy atom. The second-order valence-corrected chi connectivity index (χ2v) is 10.9. The summed E-state index contributed by atoms with van der Waals surface area (Å²) < 4.78 is 5.98. The van der Waals surface area contributed by atoms with Crippen molar-refractivity contribution in [3.05, 3.63) is 113 Å².